The first-order chi connectivity index (χ1) is 9.43. The van der Waals surface area contributed by atoms with E-state index in [1.807, 2.05) is 13.8 Å². The quantitative estimate of drug-likeness (QED) is 0.807. The van der Waals surface area contributed by atoms with Gasteiger partial charge in [0, 0.05) is 17.6 Å². The van der Waals surface area contributed by atoms with Crippen LogP contribution in [0.3, 0.4) is 0 Å². The zero-order chi connectivity index (χ0) is 15.1. The Morgan fingerprint density at radius 2 is 1.80 bits per heavy atom. The average molecular weight is 284 g/mol. The smallest absolute Gasteiger partial charge is 0.234 e. The number of hydrogen-bond acceptors (Lipinski definition) is 2. The lowest BCUT2D eigenvalue weighted by Crippen LogP contribution is -2.42. The molecule has 0 aliphatic carbocycles. The summed E-state index contributed by atoms with van der Waals surface area (Å²) in [7, 11) is 0. The molecule has 0 aliphatic rings. The summed E-state index contributed by atoms with van der Waals surface area (Å²) in [6.45, 7) is 5.96. The van der Waals surface area contributed by atoms with E-state index in [0.717, 1.165) is 6.42 Å². The van der Waals surface area contributed by atoms with Crippen LogP contribution in [-0.4, -0.2) is 24.5 Å². The lowest BCUT2D eigenvalue weighted by atomic mass is 10.1. The molecule has 0 bridgehead atoms. The summed E-state index contributed by atoms with van der Waals surface area (Å²) in [5.41, 5.74) is 0.00943. The fraction of sp³-hybridized carbons (Fsp3) is 0.533. The SMILES string of the molecule is CCC(C)NCC(=O)NC(C)Cc1c(F)cccc1F. The van der Waals surface area contributed by atoms with Gasteiger partial charge in [-0.2, -0.15) is 0 Å². The van der Waals surface area contributed by atoms with Crippen LogP contribution < -0.4 is 10.6 Å². The Bertz CT molecular complexity index is 431. The second-order valence-electron chi connectivity index (χ2n) is 5.06. The van der Waals surface area contributed by atoms with Gasteiger partial charge in [-0.25, -0.2) is 8.78 Å². The highest BCUT2D eigenvalue weighted by Crippen LogP contribution is 2.13. The lowest BCUT2D eigenvalue weighted by molar-refractivity contribution is -0.120. The highest BCUT2D eigenvalue weighted by atomic mass is 19.1. The Hall–Kier alpha value is -1.49. The van der Waals surface area contributed by atoms with E-state index in [0.29, 0.717) is 0 Å². The van der Waals surface area contributed by atoms with Gasteiger partial charge >= 0.3 is 0 Å². The number of benzene rings is 1. The topological polar surface area (TPSA) is 41.1 Å². The van der Waals surface area contributed by atoms with Gasteiger partial charge < -0.3 is 10.6 Å². The van der Waals surface area contributed by atoms with E-state index in [1.165, 1.54) is 18.2 Å². The van der Waals surface area contributed by atoms with E-state index in [1.54, 1.807) is 6.92 Å². The van der Waals surface area contributed by atoms with Crippen LogP contribution in [0.2, 0.25) is 0 Å². The third kappa shape index (κ3) is 5.25. The standard InChI is InChI=1S/C15H22F2N2O/c1-4-10(2)18-9-15(20)19-11(3)8-12-13(16)6-5-7-14(12)17/h5-7,10-11,18H,4,8-9H2,1-3H3,(H,19,20). The Morgan fingerprint density at radius 1 is 1.20 bits per heavy atom. The summed E-state index contributed by atoms with van der Waals surface area (Å²) in [5, 5.41) is 5.79. The van der Waals surface area contributed by atoms with E-state index in [9.17, 15) is 13.6 Å². The number of amides is 1. The van der Waals surface area contributed by atoms with E-state index < -0.39 is 11.6 Å². The largest absolute Gasteiger partial charge is 0.352 e. The molecular formula is C15H22F2N2O. The van der Waals surface area contributed by atoms with Crippen molar-refractivity contribution >= 4 is 5.91 Å². The number of carbonyl (C=O) groups is 1. The minimum atomic E-state index is -0.580. The first-order valence-electron chi connectivity index (χ1n) is 6.89. The van der Waals surface area contributed by atoms with Gasteiger partial charge in [-0.1, -0.05) is 13.0 Å². The van der Waals surface area contributed by atoms with Crippen molar-refractivity contribution < 1.29 is 13.6 Å². The number of halogens is 2. The Kier molecular flexibility index (Phi) is 6.58. The molecule has 1 aromatic rings. The number of nitrogens with one attached hydrogen (secondary N) is 2. The molecule has 2 atom stereocenters. The third-order valence-corrected chi connectivity index (χ3v) is 3.20. The average Bonchev–Trinajstić information content (AvgIpc) is 2.40. The van der Waals surface area contributed by atoms with Crippen molar-refractivity contribution in [3.63, 3.8) is 0 Å². The molecule has 0 aromatic heterocycles. The van der Waals surface area contributed by atoms with Crippen molar-refractivity contribution in [1.29, 1.82) is 0 Å². The maximum absolute atomic E-state index is 13.5. The predicted molar refractivity (Wildman–Crippen MR) is 75.4 cm³/mol. The third-order valence-electron chi connectivity index (χ3n) is 3.20. The van der Waals surface area contributed by atoms with Crippen LogP contribution in [0.5, 0.6) is 0 Å². The van der Waals surface area contributed by atoms with Crippen LogP contribution >= 0.6 is 0 Å². The molecule has 5 heteroatoms. The van der Waals surface area contributed by atoms with Gasteiger partial charge in [0.2, 0.25) is 5.91 Å². The maximum atomic E-state index is 13.5. The number of hydrogen-bond donors (Lipinski definition) is 2. The van der Waals surface area contributed by atoms with E-state index in [-0.39, 0.29) is 36.5 Å². The van der Waals surface area contributed by atoms with Crippen LogP contribution in [0.4, 0.5) is 8.78 Å². The molecule has 0 fully saturated rings. The van der Waals surface area contributed by atoms with Gasteiger partial charge in [0.05, 0.1) is 6.54 Å². The molecule has 0 spiro atoms. The van der Waals surface area contributed by atoms with Crippen molar-refractivity contribution in [3.8, 4) is 0 Å². The summed E-state index contributed by atoms with van der Waals surface area (Å²) in [6.07, 6.45) is 1.07. The van der Waals surface area contributed by atoms with Gasteiger partial charge in [-0.05, 0) is 38.8 Å². The molecule has 20 heavy (non-hydrogen) atoms. The minimum absolute atomic E-state index is 0.00943. The molecule has 1 aromatic carbocycles. The van der Waals surface area contributed by atoms with Gasteiger partial charge in [0.1, 0.15) is 11.6 Å². The van der Waals surface area contributed by atoms with Crippen LogP contribution in [0, 0.1) is 11.6 Å². The van der Waals surface area contributed by atoms with Gasteiger partial charge in [-0.3, -0.25) is 4.79 Å². The van der Waals surface area contributed by atoms with Crippen LogP contribution in [0.25, 0.3) is 0 Å². The Labute approximate surface area is 118 Å². The van der Waals surface area contributed by atoms with Crippen LogP contribution in [-0.2, 0) is 11.2 Å². The summed E-state index contributed by atoms with van der Waals surface area (Å²) >= 11 is 0. The second-order valence-corrected chi connectivity index (χ2v) is 5.06. The first kappa shape index (κ1) is 16.6. The monoisotopic (exact) mass is 284 g/mol. The molecule has 112 valence electrons. The van der Waals surface area contributed by atoms with Gasteiger partial charge in [0.15, 0.2) is 0 Å². The first-order valence-corrected chi connectivity index (χ1v) is 6.89. The molecule has 0 heterocycles. The van der Waals surface area contributed by atoms with Crippen molar-refractivity contribution in [2.75, 3.05) is 6.54 Å². The van der Waals surface area contributed by atoms with Crippen molar-refractivity contribution in [1.82, 2.24) is 10.6 Å². The Balaban J connectivity index is 2.47. The number of rotatable bonds is 7. The normalized spacial score (nSPS) is 13.8. The molecular weight excluding hydrogens is 262 g/mol. The summed E-state index contributed by atoms with van der Waals surface area (Å²) in [6, 6.07) is 3.70. The summed E-state index contributed by atoms with van der Waals surface area (Å²) in [5.74, 6) is -1.33. The number of carbonyl (C=O) groups excluding carboxylic acids is 1. The van der Waals surface area contributed by atoms with E-state index >= 15 is 0 Å². The molecule has 0 saturated carbocycles. The van der Waals surface area contributed by atoms with Crippen molar-refractivity contribution in [3.05, 3.63) is 35.4 Å². The summed E-state index contributed by atoms with van der Waals surface area (Å²) < 4.78 is 27.0. The zero-order valence-corrected chi connectivity index (χ0v) is 12.2. The second kappa shape index (κ2) is 7.94. The molecule has 0 saturated heterocycles. The van der Waals surface area contributed by atoms with Crippen LogP contribution in [0.15, 0.2) is 18.2 Å². The fourth-order valence-corrected chi connectivity index (χ4v) is 1.82. The lowest BCUT2D eigenvalue weighted by Gasteiger charge is -2.16. The minimum Gasteiger partial charge on any atom is -0.352 e. The molecule has 0 radical (unpaired) electrons. The van der Waals surface area contributed by atoms with Crippen LogP contribution in [0.1, 0.15) is 32.8 Å². The van der Waals surface area contributed by atoms with E-state index in [4.69, 9.17) is 0 Å². The zero-order valence-electron chi connectivity index (χ0n) is 12.2. The molecule has 0 aliphatic heterocycles. The molecule has 3 nitrogen and oxygen atoms in total. The highest BCUT2D eigenvalue weighted by Gasteiger charge is 2.14. The molecule has 2 unspecified atom stereocenters. The highest BCUT2D eigenvalue weighted by molar-refractivity contribution is 5.78. The van der Waals surface area contributed by atoms with Crippen molar-refractivity contribution in [2.24, 2.45) is 0 Å². The molecule has 2 N–H and O–H groups in total. The molecule has 1 rings (SSSR count). The predicted octanol–water partition coefficient (Wildman–Crippen LogP) is 2.40. The van der Waals surface area contributed by atoms with E-state index in [2.05, 4.69) is 10.6 Å². The summed E-state index contributed by atoms with van der Waals surface area (Å²) in [4.78, 5) is 11.7. The fourth-order valence-electron chi connectivity index (χ4n) is 1.82. The maximum Gasteiger partial charge on any atom is 0.234 e. The molecule has 1 amide bonds. The van der Waals surface area contributed by atoms with Gasteiger partial charge in [-0.15, -0.1) is 0 Å². The van der Waals surface area contributed by atoms with Gasteiger partial charge in [0.25, 0.3) is 0 Å². The Morgan fingerprint density at radius 3 is 2.35 bits per heavy atom. The van der Waals surface area contributed by atoms with Crippen molar-refractivity contribution in [2.45, 2.75) is 45.7 Å².